The van der Waals surface area contributed by atoms with Crippen LogP contribution >= 0.6 is 11.6 Å². The Morgan fingerprint density at radius 3 is 2.60 bits per heavy atom. The first-order chi connectivity index (χ1) is 7.08. The predicted molar refractivity (Wildman–Crippen MR) is 53.4 cm³/mol. The predicted octanol–water partition coefficient (Wildman–Crippen LogP) is 1.78. The molecule has 0 atom stereocenters. The Bertz CT molecular complexity index is 447. The summed E-state index contributed by atoms with van der Waals surface area (Å²) in [5.41, 5.74) is 0.107. The van der Waals surface area contributed by atoms with E-state index >= 15 is 0 Å². The van der Waals surface area contributed by atoms with Crippen LogP contribution in [-0.4, -0.2) is 18.2 Å². The topological polar surface area (TPSA) is 37.4 Å². The van der Waals surface area contributed by atoms with Crippen molar-refractivity contribution in [1.82, 2.24) is 0 Å². The Hall–Kier alpha value is -1.42. The zero-order chi connectivity index (χ0) is 11.0. The van der Waals surface area contributed by atoms with Crippen LogP contribution in [0.25, 0.3) is 0 Å². The molecule has 1 fully saturated rings. The molecule has 1 aromatic rings. The van der Waals surface area contributed by atoms with Crippen molar-refractivity contribution < 1.29 is 14.0 Å². The second-order valence-electron chi connectivity index (χ2n) is 3.29. The number of rotatable bonds is 1. The summed E-state index contributed by atoms with van der Waals surface area (Å²) in [4.78, 5) is 23.5. The van der Waals surface area contributed by atoms with Gasteiger partial charge in [-0.3, -0.25) is 9.59 Å². The molecule has 1 saturated heterocycles. The molecule has 0 N–H and O–H groups in total. The third-order valence-electron chi connectivity index (χ3n) is 2.18. The van der Waals surface area contributed by atoms with Gasteiger partial charge < -0.3 is 4.90 Å². The lowest BCUT2D eigenvalue weighted by molar-refractivity contribution is -0.121. The van der Waals surface area contributed by atoms with Gasteiger partial charge in [0.15, 0.2) is 5.78 Å². The molecule has 0 unspecified atom stereocenters. The van der Waals surface area contributed by atoms with Crippen LogP contribution in [0.5, 0.6) is 0 Å². The van der Waals surface area contributed by atoms with Gasteiger partial charge in [0.25, 0.3) is 0 Å². The molecule has 0 radical (unpaired) electrons. The molecule has 0 saturated carbocycles. The number of hydrogen-bond acceptors (Lipinski definition) is 2. The number of Topliss-reactive ketones (excluding diaryl/α,β-unsaturated/α-hetero) is 1. The Balaban J connectivity index is 2.38. The van der Waals surface area contributed by atoms with Gasteiger partial charge in [-0.2, -0.15) is 0 Å². The molecule has 1 aliphatic heterocycles. The van der Waals surface area contributed by atoms with E-state index in [9.17, 15) is 14.0 Å². The van der Waals surface area contributed by atoms with Crippen molar-refractivity contribution in [3.05, 3.63) is 29.0 Å². The normalized spacial score (nSPS) is 16.3. The van der Waals surface area contributed by atoms with Crippen LogP contribution in [0.15, 0.2) is 18.2 Å². The van der Waals surface area contributed by atoms with E-state index in [0.717, 1.165) is 11.0 Å². The van der Waals surface area contributed by atoms with Crippen molar-refractivity contribution in [2.75, 3.05) is 11.4 Å². The number of carbonyl (C=O) groups excluding carboxylic acids is 2. The Kier molecular flexibility index (Phi) is 2.44. The molecule has 3 nitrogen and oxygen atoms in total. The van der Waals surface area contributed by atoms with Crippen LogP contribution in [0.4, 0.5) is 10.1 Å². The Labute approximate surface area is 90.4 Å². The summed E-state index contributed by atoms with van der Waals surface area (Å²) >= 11 is 5.58. The molecule has 15 heavy (non-hydrogen) atoms. The molecular formula is C10H7ClFNO2. The molecule has 5 heteroatoms. The van der Waals surface area contributed by atoms with Crippen LogP contribution in [0.3, 0.4) is 0 Å². The lowest BCUT2D eigenvalue weighted by Gasteiger charge is -2.15. The quantitative estimate of drug-likeness (QED) is 0.686. The number of ketones is 1. The monoisotopic (exact) mass is 227 g/mol. The summed E-state index contributed by atoms with van der Waals surface area (Å²) in [5, 5.41) is 0.259. The van der Waals surface area contributed by atoms with Gasteiger partial charge in [0, 0.05) is 5.02 Å². The molecule has 0 spiro atoms. The smallest absolute Gasteiger partial charge is 0.235 e. The van der Waals surface area contributed by atoms with E-state index < -0.39 is 5.82 Å². The maximum Gasteiger partial charge on any atom is 0.235 e. The largest absolute Gasteiger partial charge is 0.302 e. The van der Waals surface area contributed by atoms with Crippen LogP contribution in [0.2, 0.25) is 5.02 Å². The first-order valence-electron chi connectivity index (χ1n) is 4.35. The molecule has 1 aliphatic rings. The zero-order valence-corrected chi connectivity index (χ0v) is 8.42. The highest BCUT2D eigenvalue weighted by atomic mass is 35.5. The maximum atomic E-state index is 13.4. The molecular weight excluding hydrogens is 221 g/mol. The minimum absolute atomic E-state index is 0.0581. The fraction of sp³-hybridized carbons (Fsp3) is 0.200. The second kappa shape index (κ2) is 3.62. The summed E-state index contributed by atoms with van der Waals surface area (Å²) in [6.45, 7) is -0.0581. The van der Waals surface area contributed by atoms with E-state index in [-0.39, 0.29) is 35.4 Å². The number of nitrogens with zero attached hydrogens (tertiary/aromatic N) is 1. The van der Waals surface area contributed by atoms with E-state index in [0.29, 0.717) is 0 Å². The molecule has 0 aliphatic carbocycles. The highest BCUT2D eigenvalue weighted by Crippen LogP contribution is 2.25. The average molecular weight is 228 g/mol. The standard InChI is InChI=1S/C10H7ClFNO2/c11-6-1-2-9(8(12)3-6)13-5-7(14)4-10(13)15/h1-3H,4-5H2. The number of anilines is 1. The lowest BCUT2D eigenvalue weighted by Crippen LogP contribution is -2.25. The van der Waals surface area contributed by atoms with Crippen LogP contribution in [-0.2, 0) is 9.59 Å². The molecule has 1 aromatic carbocycles. The number of carbonyl (C=O) groups is 2. The summed E-state index contributed by atoms with van der Waals surface area (Å²) < 4.78 is 13.4. The lowest BCUT2D eigenvalue weighted by atomic mass is 10.3. The SMILES string of the molecule is O=C1CC(=O)N(c2ccc(Cl)cc2F)C1. The Morgan fingerprint density at radius 2 is 2.07 bits per heavy atom. The van der Waals surface area contributed by atoms with Gasteiger partial charge in [0.05, 0.1) is 18.7 Å². The fourth-order valence-electron chi connectivity index (χ4n) is 1.50. The Morgan fingerprint density at radius 1 is 1.33 bits per heavy atom. The first kappa shape index (κ1) is 10.1. The second-order valence-corrected chi connectivity index (χ2v) is 3.73. The third kappa shape index (κ3) is 1.85. The highest BCUT2D eigenvalue weighted by Gasteiger charge is 2.30. The van der Waals surface area contributed by atoms with Crippen molar-refractivity contribution in [2.45, 2.75) is 6.42 Å². The van der Waals surface area contributed by atoms with Crippen molar-refractivity contribution >= 4 is 29.0 Å². The fourth-order valence-corrected chi connectivity index (χ4v) is 1.66. The summed E-state index contributed by atoms with van der Waals surface area (Å²) in [6, 6.07) is 4.00. The van der Waals surface area contributed by atoms with Gasteiger partial charge in [-0.1, -0.05) is 11.6 Å². The molecule has 1 heterocycles. The van der Waals surface area contributed by atoms with Crippen molar-refractivity contribution in [2.24, 2.45) is 0 Å². The molecule has 0 aromatic heterocycles. The molecule has 78 valence electrons. The van der Waals surface area contributed by atoms with Gasteiger partial charge in [-0.25, -0.2) is 4.39 Å². The zero-order valence-electron chi connectivity index (χ0n) is 7.67. The molecule has 1 amide bonds. The van der Waals surface area contributed by atoms with Crippen molar-refractivity contribution in [1.29, 1.82) is 0 Å². The van der Waals surface area contributed by atoms with Gasteiger partial charge in [-0.15, -0.1) is 0 Å². The third-order valence-corrected chi connectivity index (χ3v) is 2.42. The van der Waals surface area contributed by atoms with Crippen molar-refractivity contribution in [3.8, 4) is 0 Å². The van der Waals surface area contributed by atoms with Crippen LogP contribution < -0.4 is 4.90 Å². The molecule has 2 rings (SSSR count). The number of halogens is 2. The first-order valence-corrected chi connectivity index (χ1v) is 4.73. The number of hydrogen-bond donors (Lipinski definition) is 0. The van der Waals surface area contributed by atoms with Crippen molar-refractivity contribution in [3.63, 3.8) is 0 Å². The summed E-state index contributed by atoms with van der Waals surface area (Å²) in [6.07, 6.45) is -0.151. The van der Waals surface area contributed by atoms with Crippen LogP contribution in [0.1, 0.15) is 6.42 Å². The van der Waals surface area contributed by atoms with E-state index in [1.54, 1.807) is 0 Å². The van der Waals surface area contributed by atoms with E-state index in [1.165, 1.54) is 12.1 Å². The van der Waals surface area contributed by atoms with E-state index in [2.05, 4.69) is 0 Å². The van der Waals surface area contributed by atoms with Gasteiger partial charge in [0.2, 0.25) is 5.91 Å². The van der Waals surface area contributed by atoms with Gasteiger partial charge in [0.1, 0.15) is 5.82 Å². The molecule has 0 bridgehead atoms. The number of amides is 1. The van der Waals surface area contributed by atoms with Gasteiger partial charge >= 0.3 is 0 Å². The van der Waals surface area contributed by atoms with Gasteiger partial charge in [-0.05, 0) is 18.2 Å². The average Bonchev–Trinajstić information content (AvgIpc) is 2.45. The van der Waals surface area contributed by atoms with E-state index in [1.807, 2.05) is 0 Å². The summed E-state index contributed by atoms with van der Waals surface area (Å²) in [7, 11) is 0. The summed E-state index contributed by atoms with van der Waals surface area (Å²) in [5.74, 6) is -1.17. The highest BCUT2D eigenvalue weighted by molar-refractivity contribution is 6.30. The number of benzene rings is 1. The minimum atomic E-state index is -0.592. The maximum absolute atomic E-state index is 13.4. The van der Waals surface area contributed by atoms with E-state index in [4.69, 9.17) is 11.6 Å². The van der Waals surface area contributed by atoms with Crippen LogP contribution in [0, 0.1) is 5.82 Å². The minimum Gasteiger partial charge on any atom is -0.302 e.